The van der Waals surface area contributed by atoms with Gasteiger partial charge in [-0.05, 0) is 49.6 Å². The molecule has 0 saturated carbocycles. The lowest BCUT2D eigenvalue weighted by atomic mass is 10.2. The smallest absolute Gasteiger partial charge is 0.143 e. The molecule has 0 saturated heterocycles. The first-order valence-electron chi connectivity index (χ1n) is 4.82. The second-order valence-corrected chi connectivity index (χ2v) is 5.10. The number of aromatic nitrogens is 2. The summed E-state index contributed by atoms with van der Waals surface area (Å²) in [6.07, 6.45) is 4.90. The average Bonchev–Trinajstić information content (AvgIpc) is 2.34. The Balaban J connectivity index is 2.10. The molecule has 0 aliphatic heterocycles. The van der Waals surface area contributed by atoms with E-state index in [2.05, 4.69) is 47.1 Å². The van der Waals surface area contributed by atoms with Crippen molar-refractivity contribution in [2.24, 2.45) is 0 Å². The zero-order chi connectivity index (χ0) is 12.3. The van der Waals surface area contributed by atoms with E-state index in [-0.39, 0.29) is 5.75 Å². The van der Waals surface area contributed by atoms with Crippen LogP contribution >= 0.6 is 31.9 Å². The highest BCUT2D eigenvalue weighted by Gasteiger charge is 2.05. The number of hydrogen-bond donors (Lipinski definition) is 2. The first-order chi connectivity index (χ1) is 8.16. The van der Waals surface area contributed by atoms with Crippen LogP contribution in [0.1, 0.15) is 5.56 Å². The largest absolute Gasteiger partial charge is 0.506 e. The Morgan fingerprint density at radius 1 is 1.12 bits per heavy atom. The molecule has 0 fully saturated rings. The van der Waals surface area contributed by atoms with Crippen LogP contribution in [0.2, 0.25) is 0 Å². The molecule has 1 aromatic carbocycles. The number of phenols is 1. The molecule has 6 heteroatoms. The Hall–Kier alpha value is -1.14. The van der Waals surface area contributed by atoms with Gasteiger partial charge < -0.3 is 10.4 Å². The molecule has 0 radical (unpaired) electrons. The lowest BCUT2D eigenvalue weighted by Crippen LogP contribution is -2.00. The summed E-state index contributed by atoms with van der Waals surface area (Å²) < 4.78 is 1.32. The second kappa shape index (κ2) is 5.46. The van der Waals surface area contributed by atoms with E-state index in [1.165, 1.54) is 6.33 Å². The van der Waals surface area contributed by atoms with Crippen LogP contribution in [0.4, 0.5) is 5.69 Å². The lowest BCUT2D eigenvalue weighted by molar-refractivity contribution is 0.468. The highest BCUT2D eigenvalue weighted by atomic mass is 79.9. The Kier molecular flexibility index (Phi) is 3.96. The first-order valence-corrected chi connectivity index (χ1v) is 6.41. The van der Waals surface area contributed by atoms with Gasteiger partial charge in [0.1, 0.15) is 12.1 Å². The number of halogens is 2. The van der Waals surface area contributed by atoms with E-state index in [0.717, 1.165) is 11.3 Å². The number of phenolic OH excluding ortho intramolecular Hbond substituents is 1. The molecule has 2 N–H and O–H groups in total. The summed E-state index contributed by atoms with van der Waals surface area (Å²) in [7, 11) is 0. The molecule has 0 unspecified atom stereocenters. The van der Waals surface area contributed by atoms with Crippen LogP contribution < -0.4 is 5.32 Å². The monoisotopic (exact) mass is 357 g/mol. The third kappa shape index (κ3) is 3.17. The molecule has 0 aliphatic carbocycles. The predicted octanol–water partition coefficient (Wildman–Crippen LogP) is 3.32. The maximum atomic E-state index is 9.58. The van der Waals surface area contributed by atoms with Crippen LogP contribution in [-0.2, 0) is 6.54 Å². The zero-order valence-corrected chi connectivity index (χ0v) is 11.9. The molecule has 17 heavy (non-hydrogen) atoms. The average molecular weight is 359 g/mol. The highest BCUT2D eigenvalue weighted by molar-refractivity contribution is 9.11. The Morgan fingerprint density at radius 3 is 2.29 bits per heavy atom. The number of hydrogen-bond acceptors (Lipinski definition) is 4. The van der Waals surface area contributed by atoms with Gasteiger partial charge in [-0.2, -0.15) is 0 Å². The Labute approximate surface area is 115 Å². The maximum absolute atomic E-state index is 9.58. The molecule has 1 aromatic heterocycles. The molecule has 4 nitrogen and oxygen atoms in total. The topological polar surface area (TPSA) is 58.0 Å². The van der Waals surface area contributed by atoms with Gasteiger partial charge in [-0.15, -0.1) is 0 Å². The van der Waals surface area contributed by atoms with Crippen LogP contribution in [-0.4, -0.2) is 15.1 Å². The second-order valence-electron chi connectivity index (χ2n) is 3.39. The number of rotatable bonds is 3. The van der Waals surface area contributed by atoms with E-state index in [9.17, 15) is 5.11 Å². The molecule has 0 atom stereocenters. The van der Waals surface area contributed by atoms with E-state index < -0.39 is 0 Å². The van der Waals surface area contributed by atoms with Crippen molar-refractivity contribution in [2.75, 3.05) is 5.32 Å². The third-order valence-electron chi connectivity index (χ3n) is 2.13. The normalized spacial score (nSPS) is 10.2. The fourth-order valence-electron chi connectivity index (χ4n) is 1.31. The fraction of sp³-hybridized carbons (Fsp3) is 0.0909. The number of aromatic hydroxyl groups is 1. The van der Waals surface area contributed by atoms with E-state index in [1.54, 1.807) is 12.4 Å². The predicted molar refractivity (Wildman–Crippen MR) is 72.9 cm³/mol. The molecular weight excluding hydrogens is 350 g/mol. The summed E-state index contributed by atoms with van der Waals surface area (Å²) in [5, 5.41) is 12.8. The number of nitrogens with one attached hydrogen (secondary N) is 1. The van der Waals surface area contributed by atoms with Gasteiger partial charge in [0, 0.05) is 6.54 Å². The quantitative estimate of drug-likeness (QED) is 0.883. The van der Waals surface area contributed by atoms with Crippen molar-refractivity contribution < 1.29 is 5.11 Å². The SMILES string of the molecule is Oc1c(Br)cc(CNc2cncnc2)cc1Br. The van der Waals surface area contributed by atoms with E-state index in [0.29, 0.717) is 15.5 Å². The van der Waals surface area contributed by atoms with Gasteiger partial charge in [0.15, 0.2) is 0 Å². The molecule has 1 heterocycles. The summed E-state index contributed by atoms with van der Waals surface area (Å²) in [5.74, 6) is 0.205. The molecule has 2 aromatic rings. The van der Waals surface area contributed by atoms with Gasteiger partial charge in [-0.3, -0.25) is 0 Å². The fourth-order valence-corrected chi connectivity index (χ4v) is 2.60. The number of benzene rings is 1. The van der Waals surface area contributed by atoms with E-state index >= 15 is 0 Å². The maximum Gasteiger partial charge on any atom is 0.143 e. The van der Waals surface area contributed by atoms with Gasteiger partial charge >= 0.3 is 0 Å². The van der Waals surface area contributed by atoms with Crippen LogP contribution in [0.15, 0.2) is 39.8 Å². The van der Waals surface area contributed by atoms with Crippen LogP contribution in [0.5, 0.6) is 5.75 Å². The standard InChI is InChI=1S/C11H9Br2N3O/c12-9-1-7(2-10(13)11(9)17)3-16-8-4-14-6-15-5-8/h1-2,4-6,16-17H,3H2. The van der Waals surface area contributed by atoms with Crippen LogP contribution in [0, 0.1) is 0 Å². The van der Waals surface area contributed by atoms with E-state index in [4.69, 9.17) is 0 Å². The van der Waals surface area contributed by atoms with Crippen molar-refractivity contribution in [3.05, 3.63) is 45.4 Å². The van der Waals surface area contributed by atoms with Crippen molar-refractivity contribution in [1.29, 1.82) is 0 Å². The Morgan fingerprint density at radius 2 is 1.71 bits per heavy atom. The number of nitrogens with zero attached hydrogens (tertiary/aromatic N) is 2. The van der Waals surface area contributed by atoms with Crippen molar-refractivity contribution in [3.8, 4) is 5.75 Å². The lowest BCUT2D eigenvalue weighted by Gasteiger charge is -2.08. The zero-order valence-electron chi connectivity index (χ0n) is 8.69. The first kappa shape index (κ1) is 12.3. The minimum absolute atomic E-state index is 0.205. The molecule has 0 bridgehead atoms. The number of anilines is 1. The van der Waals surface area contributed by atoms with E-state index in [1.807, 2.05) is 12.1 Å². The third-order valence-corrected chi connectivity index (χ3v) is 3.34. The molecular formula is C11H9Br2N3O. The van der Waals surface area contributed by atoms with Crippen LogP contribution in [0.25, 0.3) is 0 Å². The molecule has 0 aliphatic rings. The van der Waals surface area contributed by atoms with Gasteiger partial charge in [0.2, 0.25) is 0 Å². The Bertz CT molecular complexity index is 496. The summed E-state index contributed by atoms with van der Waals surface area (Å²) in [6, 6.07) is 3.72. The van der Waals surface area contributed by atoms with Crippen molar-refractivity contribution in [3.63, 3.8) is 0 Å². The van der Waals surface area contributed by atoms with Crippen LogP contribution in [0.3, 0.4) is 0 Å². The van der Waals surface area contributed by atoms with Gasteiger partial charge in [-0.1, -0.05) is 0 Å². The summed E-state index contributed by atoms with van der Waals surface area (Å²) in [4.78, 5) is 7.83. The molecule has 0 amide bonds. The van der Waals surface area contributed by atoms with Crippen molar-refractivity contribution in [1.82, 2.24) is 9.97 Å². The van der Waals surface area contributed by atoms with Gasteiger partial charge in [0.25, 0.3) is 0 Å². The van der Waals surface area contributed by atoms with Gasteiger partial charge in [-0.25, -0.2) is 9.97 Å². The van der Waals surface area contributed by atoms with Crippen molar-refractivity contribution in [2.45, 2.75) is 6.54 Å². The molecule has 0 spiro atoms. The minimum atomic E-state index is 0.205. The minimum Gasteiger partial charge on any atom is -0.506 e. The summed E-state index contributed by atoms with van der Waals surface area (Å²) in [5.41, 5.74) is 1.89. The van der Waals surface area contributed by atoms with Crippen molar-refractivity contribution >= 4 is 37.5 Å². The summed E-state index contributed by atoms with van der Waals surface area (Å²) in [6.45, 7) is 0.630. The molecule has 2 rings (SSSR count). The van der Waals surface area contributed by atoms with Gasteiger partial charge in [0.05, 0.1) is 27.0 Å². The molecule has 88 valence electrons. The summed E-state index contributed by atoms with van der Waals surface area (Å²) >= 11 is 6.58. The highest BCUT2D eigenvalue weighted by Crippen LogP contribution is 2.33.